The van der Waals surface area contributed by atoms with Gasteiger partial charge >= 0.3 is 0 Å². The Hall–Kier alpha value is -3.90. The second-order valence-corrected chi connectivity index (χ2v) is 7.53. The van der Waals surface area contributed by atoms with Crippen LogP contribution in [0.5, 0.6) is 0 Å². The van der Waals surface area contributed by atoms with Gasteiger partial charge in [-0.25, -0.2) is 0 Å². The molecule has 0 unspecified atom stereocenters. The van der Waals surface area contributed by atoms with Crippen LogP contribution in [0.4, 0.5) is 0 Å². The number of rotatable bonds is 4. The van der Waals surface area contributed by atoms with Crippen LogP contribution in [0.3, 0.4) is 0 Å². The van der Waals surface area contributed by atoms with E-state index in [-0.39, 0.29) is 0 Å². The van der Waals surface area contributed by atoms with Gasteiger partial charge in [0.2, 0.25) is 0 Å². The number of benzene rings is 5. The van der Waals surface area contributed by atoms with E-state index in [9.17, 15) is 0 Å². The molecule has 0 heteroatoms. The lowest BCUT2D eigenvalue weighted by Gasteiger charge is -2.20. The summed E-state index contributed by atoms with van der Waals surface area (Å²) in [5.41, 5.74) is 6.75. The number of fused-ring (bicyclic) bond motifs is 2. The summed E-state index contributed by atoms with van der Waals surface area (Å²) < 4.78 is 0. The monoisotopic (exact) mass is 382 g/mol. The molecule has 0 bridgehead atoms. The Morgan fingerprint density at radius 1 is 0.367 bits per heavy atom. The van der Waals surface area contributed by atoms with Crippen LogP contribution in [0.2, 0.25) is 0 Å². The van der Waals surface area contributed by atoms with Gasteiger partial charge in [0.25, 0.3) is 0 Å². The van der Waals surface area contributed by atoms with Crippen LogP contribution in [0.15, 0.2) is 122 Å². The average Bonchev–Trinajstić information content (AvgIpc) is 2.82. The van der Waals surface area contributed by atoms with Crippen molar-refractivity contribution >= 4 is 32.7 Å². The van der Waals surface area contributed by atoms with Crippen molar-refractivity contribution in [3.63, 3.8) is 0 Å². The number of hydrogen-bond acceptors (Lipinski definition) is 0. The predicted octanol–water partition coefficient (Wildman–Crippen LogP) is 8.12. The lowest BCUT2D eigenvalue weighted by molar-refractivity contribution is 1.58. The van der Waals surface area contributed by atoms with Crippen molar-refractivity contribution in [1.82, 2.24) is 0 Å². The van der Waals surface area contributed by atoms with Crippen LogP contribution in [-0.4, -0.2) is 0 Å². The van der Waals surface area contributed by atoms with E-state index in [4.69, 9.17) is 0 Å². The van der Waals surface area contributed by atoms with Crippen molar-refractivity contribution in [2.75, 3.05) is 0 Å². The standard InChI is InChI=1S/C30H22/c1-21(23-13-5-3-6-14-23)29-25-17-9-11-19-27(25)30(28-20-12-10-18-26(28)29)22(2)24-15-7-4-8-16-24/h3-20H,1-2H2. The zero-order chi connectivity index (χ0) is 20.5. The zero-order valence-electron chi connectivity index (χ0n) is 16.8. The van der Waals surface area contributed by atoms with Crippen LogP contribution in [0.1, 0.15) is 22.3 Å². The molecule has 0 amide bonds. The third kappa shape index (κ3) is 2.94. The number of hydrogen-bond donors (Lipinski definition) is 0. The quantitative estimate of drug-likeness (QED) is 0.275. The van der Waals surface area contributed by atoms with Gasteiger partial charge in [-0.2, -0.15) is 0 Å². The molecular weight excluding hydrogens is 360 g/mol. The maximum Gasteiger partial charge on any atom is -0.00263 e. The van der Waals surface area contributed by atoms with Gasteiger partial charge in [0.1, 0.15) is 0 Å². The molecule has 0 spiro atoms. The molecule has 0 fully saturated rings. The SMILES string of the molecule is C=C(c1ccccc1)c1c2ccccc2c(C(=C)c2ccccc2)c2ccccc12. The van der Waals surface area contributed by atoms with Gasteiger partial charge in [-0.05, 0) is 54.9 Å². The fourth-order valence-electron chi connectivity index (χ4n) is 4.35. The Morgan fingerprint density at radius 2 is 0.633 bits per heavy atom. The highest BCUT2D eigenvalue weighted by molar-refractivity contribution is 6.18. The van der Waals surface area contributed by atoms with Crippen LogP contribution in [-0.2, 0) is 0 Å². The summed E-state index contributed by atoms with van der Waals surface area (Å²) in [6.45, 7) is 9.01. The third-order valence-corrected chi connectivity index (χ3v) is 5.78. The molecule has 0 heterocycles. The lowest BCUT2D eigenvalue weighted by Crippen LogP contribution is -1.97. The van der Waals surface area contributed by atoms with Crippen LogP contribution < -0.4 is 0 Å². The first-order valence-corrected chi connectivity index (χ1v) is 10.2. The first-order valence-electron chi connectivity index (χ1n) is 10.2. The van der Waals surface area contributed by atoms with E-state index in [2.05, 4.69) is 110 Å². The minimum Gasteiger partial charge on any atom is -0.0905 e. The molecule has 0 aliphatic rings. The maximum absolute atomic E-state index is 4.51. The van der Waals surface area contributed by atoms with E-state index >= 15 is 0 Å². The first kappa shape index (κ1) is 18.1. The normalized spacial score (nSPS) is 10.9. The molecule has 0 aromatic heterocycles. The molecule has 0 saturated heterocycles. The van der Waals surface area contributed by atoms with Crippen molar-refractivity contribution in [2.45, 2.75) is 0 Å². The van der Waals surface area contributed by atoms with E-state index in [1.807, 2.05) is 12.1 Å². The highest BCUT2D eigenvalue weighted by Gasteiger charge is 2.18. The minimum atomic E-state index is 1.04. The van der Waals surface area contributed by atoms with Crippen molar-refractivity contribution in [2.24, 2.45) is 0 Å². The summed E-state index contributed by atoms with van der Waals surface area (Å²) in [4.78, 5) is 0. The molecule has 0 aliphatic heterocycles. The minimum absolute atomic E-state index is 1.04. The lowest BCUT2D eigenvalue weighted by atomic mass is 9.83. The van der Waals surface area contributed by atoms with Gasteiger partial charge in [0.15, 0.2) is 0 Å². The maximum atomic E-state index is 4.51. The largest absolute Gasteiger partial charge is 0.0905 e. The molecule has 142 valence electrons. The fourth-order valence-corrected chi connectivity index (χ4v) is 4.35. The van der Waals surface area contributed by atoms with Crippen LogP contribution in [0.25, 0.3) is 32.7 Å². The molecule has 0 atom stereocenters. The Bertz CT molecular complexity index is 1220. The summed E-state index contributed by atoms with van der Waals surface area (Å²) in [6, 6.07) is 38.1. The molecule has 0 N–H and O–H groups in total. The third-order valence-electron chi connectivity index (χ3n) is 5.78. The Kier molecular flexibility index (Phi) is 4.53. The first-order chi connectivity index (χ1) is 14.8. The summed E-state index contributed by atoms with van der Waals surface area (Å²) in [6.07, 6.45) is 0. The molecule has 0 aliphatic carbocycles. The van der Waals surface area contributed by atoms with Crippen LogP contribution >= 0.6 is 0 Å². The molecule has 30 heavy (non-hydrogen) atoms. The zero-order valence-corrected chi connectivity index (χ0v) is 16.8. The van der Waals surface area contributed by atoms with Crippen molar-refractivity contribution in [3.8, 4) is 0 Å². The molecular formula is C30H22. The Morgan fingerprint density at radius 3 is 0.933 bits per heavy atom. The molecule has 5 aromatic carbocycles. The topological polar surface area (TPSA) is 0 Å². The average molecular weight is 383 g/mol. The Balaban J connectivity index is 1.88. The Labute approximate surface area is 177 Å². The molecule has 5 rings (SSSR count). The summed E-state index contributed by atoms with van der Waals surface area (Å²) in [5, 5.41) is 4.82. The van der Waals surface area contributed by atoms with Gasteiger partial charge in [0, 0.05) is 0 Å². The van der Waals surface area contributed by atoms with Crippen molar-refractivity contribution in [1.29, 1.82) is 0 Å². The van der Waals surface area contributed by atoms with Crippen molar-refractivity contribution in [3.05, 3.63) is 145 Å². The molecule has 5 aromatic rings. The highest BCUT2D eigenvalue weighted by Crippen LogP contribution is 2.41. The van der Waals surface area contributed by atoms with Gasteiger partial charge in [0.05, 0.1) is 0 Å². The van der Waals surface area contributed by atoms with E-state index in [1.54, 1.807) is 0 Å². The smallest absolute Gasteiger partial charge is 0.00263 e. The van der Waals surface area contributed by atoms with Gasteiger partial charge in [-0.15, -0.1) is 0 Å². The van der Waals surface area contributed by atoms with E-state index in [0.717, 1.165) is 22.3 Å². The van der Waals surface area contributed by atoms with Gasteiger partial charge in [-0.1, -0.05) is 122 Å². The van der Waals surface area contributed by atoms with Crippen LogP contribution in [0, 0.1) is 0 Å². The van der Waals surface area contributed by atoms with E-state index in [0.29, 0.717) is 0 Å². The molecule has 0 saturated carbocycles. The molecule has 0 nitrogen and oxygen atoms in total. The summed E-state index contributed by atoms with van der Waals surface area (Å²) in [5.74, 6) is 0. The van der Waals surface area contributed by atoms with E-state index in [1.165, 1.54) is 32.7 Å². The summed E-state index contributed by atoms with van der Waals surface area (Å²) in [7, 11) is 0. The fraction of sp³-hybridized carbons (Fsp3) is 0. The second-order valence-electron chi connectivity index (χ2n) is 7.53. The summed E-state index contributed by atoms with van der Waals surface area (Å²) >= 11 is 0. The second kappa shape index (κ2) is 7.50. The highest BCUT2D eigenvalue weighted by atomic mass is 14.2. The van der Waals surface area contributed by atoms with Gasteiger partial charge in [-0.3, -0.25) is 0 Å². The van der Waals surface area contributed by atoms with Gasteiger partial charge < -0.3 is 0 Å². The van der Waals surface area contributed by atoms with Crippen molar-refractivity contribution < 1.29 is 0 Å². The van der Waals surface area contributed by atoms with E-state index < -0.39 is 0 Å². The predicted molar refractivity (Wildman–Crippen MR) is 131 cm³/mol. The molecule has 0 radical (unpaired) electrons.